The topological polar surface area (TPSA) is 6.48 Å². The van der Waals surface area contributed by atoms with E-state index in [2.05, 4.69) is 227 Å². The first kappa shape index (κ1) is 35.4. The third kappa shape index (κ3) is 4.50. The molecule has 3 heterocycles. The number of nitrogens with zero attached hydrogens (tertiary/aromatic N) is 2. The Kier molecular flexibility index (Phi) is 7.22. The van der Waals surface area contributed by atoms with Gasteiger partial charge in [-0.25, -0.2) is 0 Å². The van der Waals surface area contributed by atoms with Crippen LogP contribution in [0.25, 0.3) is 22.3 Å². The van der Waals surface area contributed by atoms with Crippen LogP contribution in [0.3, 0.4) is 0 Å². The highest BCUT2D eigenvalue weighted by molar-refractivity contribution is 6.93. The van der Waals surface area contributed by atoms with Gasteiger partial charge < -0.3 is 9.71 Å². The molecule has 0 bridgehead atoms. The summed E-state index contributed by atoms with van der Waals surface area (Å²) >= 11 is 0. The van der Waals surface area contributed by atoms with Crippen molar-refractivity contribution in [2.45, 2.75) is 57.8 Å². The summed E-state index contributed by atoms with van der Waals surface area (Å²) < 4.78 is 0. The van der Waals surface area contributed by atoms with Crippen molar-refractivity contribution in [1.82, 2.24) is 0 Å². The monoisotopic (exact) mass is 770 g/mol. The van der Waals surface area contributed by atoms with Crippen molar-refractivity contribution in [2.75, 3.05) is 9.71 Å². The number of benzene rings is 8. The van der Waals surface area contributed by atoms with E-state index in [0.29, 0.717) is 0 Å². The molecule has 3 aliphatic heterocycles. The molecule has 4 aliphatic rings. The Hall–Kier alpha value is -6.58. The van der Waals surface area contributed by atoms with Crippen LogP contribution in [0.15, 0.2) is 176 Å². The lowest BCUT2D eigenvalue weighted by atomic mass is 9.42. The zero-order valence-electron chi connectivity index (χ0n) is 35.2. The fourth-order valence-electron chi connectivity index (χ4n) is 11.7. The van der Waals surface area contributed by atoms with Crippen LogP contribution in [0, 0.1) is 6.92 Å². The summed E-state index contributed by atoms with van der Waals surface area (Å²) in [7, 11) is 0. The Morgan fingerprint density at radius 1 is 0.500 bits per heavy atom. The molecule has 0 spiro atoms. The molecule has 0 saturated carbocycles. The molecule has 0 amide bonds. The average molecular weight is 771 g/mol. The lowest BCUT2D eigenvalue weighted by molar-refractivity contribution is 0.590. The Morgan fingerprint density at radius 2 is 1.13 bits per heavy atom. The van der Waals surface area contributed by atoms with Crippen LogP contribution in [0.1, 0.15) is 79.1 Å². The van der Waals surface area contributed by atoms with Crippen LogP contribution in [-0.2, 0) is 16.2 Å². The summed E-state index contributed by atoms with van der Waals surface area (Å²) in [6.45, 7) is 13.9. The molecule has 12 rings (SSSR count). The van der Waals surface area contributed by atoms with Crippen LogP contribution >= 0.6 is 0 Å². The van der Waals surface area contributed by atoms with E-state index in [1.165, 1.54) is 106 Å². The van der Waals surface area contributed by atoms with Crippen molar-refractivity contribution >= 4 is 46.2 Å². The van der Waals surface area contributed by atoms with Crippen molar-refractivity contribution in [3.05, 3.63) is 220 Å². The van der Waals surface area contributed by atoms with E-state index in [1.807, 2.05) is 0 Å². The van der Waals surface area contributed by atoms with Crippen LogP contribution in [0.4, 0.5) is 28.4 Å². The van der Waals surface area contributed by atoms with Gasteiger partial charge in [0, 0.05) is 39.3 Å². The highest BCUT2D eigenvalue weighted by atomic mass is 15.2. The van der Waals surface area contributed by atoms with Gasteiger partial charge in [0.1, 0.15) is 0 Å². The van der Waals surface area contributed by atoms with E-state index < -0.39 is 5.41 Å². The summed E-state index contributed by atoms with van der Waals surface area (Å²) in [5, 5.41) is 0. The van der Waals surface area contributed by atoms with Gasteiger partial charge in [0.25, 0.3) is 0 Å². The molecule has 288 valence electrons. The summed E-state index contributed by atoms with van der Waals surface area (Å²) in [5.74, 6) is 0. The molecule has 0 N–H and O–H groups in total. The van der Waals surface area contributed by atoms with E-state index in [9.17, 15) is 0 Å². The maximum atomic E-state index is 2.74. The van der Waals surface area contributed by atoms with E-state index in [4.69, 9.17) is 0 Å². The fourth-order valence-corrected chi connectivity index (χ4v) is 11.7. The number of rotatable bonds is 3. The van der Waals surface area contributed by atoms with Gasteiger partial charge in [0.2, 0.25) is 0 Å². The smallest absolute Gasteiger partial charge is 0.333 e. The van der Waals surface area contributed by atoms with Gasteiger partial charge in [-0.2, -0.15) is 0 Å². The molecule has 0 unspecified atom stereocenters. The standard InChI is InChI=1S/C57H47BN2/c1-36-34-43-41-32-33-46-51(42-22-13-14-23-44(42)56(46,5)6)53(41)60(40-30-28-37(29-31-40)55(2,3)4)58-48-26-17-25-47-54(48)59(50(35-36)52(43)58)49-27-16-15-24-45(49)57(47,38-18-9-7-10-19-38)39-20-11-8-12-21-39/h7-35H,1-6H3. The van der Waals surface area contributed by atoms with E-state index in [0.717, 1.165) is 0 Å². The quantitative estimate of drug-likeness (QED) is 0.165. The first-order valence-corrected chi connectivity index (χ1v) is 21.6. The highest BCUT2D eigenvalue weighted by Gasteiger charge is 2.54. The number of hydrogen-bond acceptors (Lipinski definition) is 2. The maximum Gasteiger partial charge on any atom is 0.333 e. The second-order valence-electron chi connectivity index (χ2n) is 18.9. The molecule has 2 nitrogen and oxygen atoms in total. The Labute approximate surface area is 354 Å². The molecular formula is C57H47BN2. The van der Waals surface area contributed by atoms with Gasteiger partial charge in [-0.1, -0.05) is 186 Å². The largest absolute Gasteiger partial charge is 0.376 e. The Bertz CT molecular complexity index is 3020. The van der Waals surface area contributed by atoms with Crippen LogP contribution < -0.4 is 20.6 Å². The second-order valence-corrected chi connectivity index (χ2v) is 18.9. The van der Waals surface area contributed by atoms with E-state index in [-0.39, 0.29) is 17.7 Å². The SMILES string of the molecule is Cc1cc2c3c(c1)N1c4ccccc4C(c4ccccc4)(c4ccccc4)c4cccc(c41)B3N(c1ccc(C(C)(C)C)cc1)c1c-2ccc2c1-c1ccccc1C2(C)C. The Morgan fingerprint density at radius 3 is 1.83 bits per heavy atom. The van der Waals surface area contributed by atoms with E-state index in [1.54, 1.807) is 0 Å². The van der Waals surface area contributed by atoms with Crippen LogP contribution in [0.5, 0.6) is 0 Å². The number of hydrogen-bond donors (Lipinski definition) is 0. The Balaban J connectivity index is 1.25. The molecule has 60 heavy (non-hydrogen) atoms. The van der Waals surface area contributed by atoms with Gasteiger partial charge in [0.05, 0.1) is 11.1 Å². The summed E-state index contributed by atoms with van der Waals surface area (Å²) in [5.41, 5.74) is 24.2. The van der Waals surface area contributed by atoms with Crippen molar-refractivity contribution in [3.8, 4) is 22.3 Å². The lowest BCUT2D eigenvalue weighted by Crippen LogP contribution is -2.63. The number of fused-ring (bicyclic) bond motifs is 10. The zero-order chi connectivity index (χ0) is 40.7. The summed E-state index contributed by atoms with van der Waals surface area (Å²) in [6, 6.07) is 67.3. The van der Waals surface area contributed by atoms with Gasteiger partial charge in [-0.3, -0.25) is 0 Å². The molecule has 8 aromatic rings. The van der Waals surface area contributed by atoms with E-state index >= 15 is 0 Å². The molecular weight excluding hydrogens is 723 g/mol. The lowest BCUT2D eigenvalue weighted by Gasteiger charge is -2.52. The molecule has 0 radical (unpaired) electrons. The molecule has 3 heteroatoms. The minimum atomic E-state index is -0.554. The molecule has 0 atom stereocenters. The van der Waals surface area contributed by atoms with Gasteiger partial charge in [0.15, 0.2) is 0 Å². The maximum absolute atomic E-state index is 2.74. The van der Waals surface area contributed by atoms with Crippen molar-refractivity contribution < 1.29 is 0 Å². The van der Waals surface area contributed by atoms with Crippen LogP contribution in [-0.4, -0.2) is 6.85 Å². The summed E-state index contributed by atoms with van der Waals surface area (Å²) in [6.07, 6.45) is 0. The minimum absolute atomic E-state index is 0.0370. The fraction of sp³-hybridized carbons (Fsp3) is 0.158. The third-order valence-electron chi connectivity index (χ3n) is 14.3. The van der Waals surface area contributed by atoms with Crippen LogP contribution in [0.2, 0.25) is 0 Å². The molecule has 1 aliphatic carbocycles. The first-order chi connectivity index (χ1) is 29.1. The minimum Gasteiger partial charge on any atom is -0.376 e. The van der Waals surface area contributed by atoms with Gasteiger partial charge >= 0.3 is 6.85 Å². The number of anilines is 5. The number of aryl methyl sites for hydroxylation is 1. The van der Waals surface area contributed by atoms with Crippen molar-refractivity contribution in [1.29, 1.82) is 0 Å². The normalized spacial score (nSPS) is 15.7. The zero-order valence-corrected chi connectivity index (χ0v) is 35.2. The average Bonchev–Trinajstić information content (AvgIpc) is 3.51. The van der Waals surface area contributed by atoms with Crippen molar-refractivity contribution in [3.63, 3.8) is 0 Å². The molecule has 0 fully saturated rings. The third-order valence-corrected chi connectivity index (χ3v) is 14.3. The second kappa shape index (κ2) is 12.2. The summed E-state index contributed by atoms with van der Waals surface area (Å²) in [4.78, 5) is 5.37. The first-order valence-electron chi connectivity index (χ1n) is 21.6. The van der Waals surface area contributed by atoms with Gasteiger partial charge in [-0.15, -0.1) is 0 Å². The number of para-hydroxylation sites is 2. The molecule has 0 saturated heterocycles. The predicted molar refractivity (Wildman–Crippen MR) is 253 cm³/mol. The highest BCUT2D eigenvalue weighted by Crippen LogP contribution is 2.61. The van der Waals surface area contributed by atoms with Gasteiger partial charge in [-0.05, 0) is 103 Å². The predicted octanol–water partition coefficient (Wildman–Crippen LogP) is 13.0. The molecule has 0 aromatic heterocycles. The van der Waals surface area contributed by atoms with Crippen molar-refractivity contribution in [2.24, 2.45) is 0 Å². The molecule has 8 aromatic carbocycles.